The van der Waals surface area contributed by atoms with Gasteiger partial charge < -0.3 is 14.5 Å². The summed E-state index contributed by atoms with van der Waals surface area (Å²) >= 11 is 0. The van der Waals surface area contributed by atoms with E-state index in [1.807, 2.05) is 25.2 Å². The van der Waals surface area contributed by atoms with Gasteiger partial charge in [-0.25, -0.2) is 13.4 Å². The Balaban J connectivity index is 0.00000241. The van der Waals surface area contributed by atoms with Crippen LogP contribution >= 0.6 is 0 Å². The molecule has 0 aliphatic heterocycles. The van der Waals surface area contributed by atoms with Crippen LogP contribution < -0.4 is 10.1 Å². The first kappa shape index (κ1) is 24.5. The summed E-state index contributed by atoms with van der Waals surface area (Å²) in [5, 5.41) is 11.0. The zero-order valence-corrected chi connectivity index (χ0v) is 21.0. The lowest BCUT2D eigenvalue weighted by Gasteiger charge is -2.09. The van der Waals surface area contributed by atoms with Crippen LogP contribution in [0.3, 0.4) is 0 Å². The fraction of sp³-hybridized carbons (Fsp3) is 0.280. The molecule has 0 amide bonds. The average molecular weight is 498 g/mol. The Morgan fingerprint density at radius 3 is 2.46 bits per heavy atom. The van der Waals surface area contributed by atoms with Gasteiger partial charge in [0.15, 0.2) is 9.84 Å². The van der Waals surface area contributed by atoms with E-state index in [0.717, 1.165) is 11.1 Å². The average Bonchev–Trinajstić information content (AvgIpc) is 3.34. The van der Waals surface area contributed by atoms with Crippen LogP contribution in [0.5, 0.6) is 5.75 Å². The molecular formula is C25H31N5O4S. The highest BCUT2D eigenvalue weighted by Crippen LogP contribution is 2.32. The minimum absolute atomic E-state index is 0. The van der Waals surface area contributed by atoms with Crippen LogP contribution in [0, 0.1) is 6.92 Å². The van der Waals surface area contributed by atoms with Crippen LogP contribution in [-0.2, 0) is 16.4 Å². The van der Waals surface area contributed by atoms with Crippen molar-refractivity contribution in [1.82, 2.24) is 25.5 Å². The van der Waals surface area contributed by atoms with Gasteiger partial charge in [-0.2, -0.15) is 0 Å². The number of hydrogen-bond acceptors (Lipinski definition) is 9. The van der Waals surface area contributed by atoms with Crippen LogP contribution in [0.2, 0.25) is 0 Å². The van der Waals surface area contributed by atoms with E-state index >= 15 is 0 Å². The molecule has 186 valence electrons. The van der Waals surface area contributed by atoms with Crippen molar-refractivity contribution in [1.29, 1.82) is 0 Å². The molecule has 4 rings (SSSR count). The van der Waals surface area contributed by atoms with E-state index in [4.69, 9.17) is 9.15 Å². The second-order valence-corrected chi connectivity index (χ2v) is 10.8. The standard InChI is InChI=1S/C25H27N5O4S.2H2/c1-15(2)35(31,32)19-9-7-18(8-10-19)21-14-27-16(3)23(28-21)25-30-29-24(34-25)20-11-6-17(13-26-4)12-22(20)33-5;;/h6-12,14-15,26H,13H2,1-5H3;2*1H. The molecule has 0 saturated heterocycles. The van der Waals surface area contributed by atoms with E-state index in [1.165, 1.54) is 0 Å². The molecule has 9 nitrogen and oxygen atoms in total. The molecule has 0 atom stereocenters. The van der Waals surface area contributed by atoms with Crippen LogP contribution in [0.15, 0.2) is 58.0 Å². The highest BCUT2D eigenvalue weighted by molar-refractivity contribution is 7.92. The number of methoxy groups -OCH3 is 1. The van der Waals surface area contributed by atoms with Crippen molar-refractivity contribution in [3.63, 3.8) is 0 Å². The summed E-state index contributed by atoms with van der Waals surface area (Å²) in [5.41, 5.74) is 4.10. The van der Waals surface area contributed by atoms with Gasteiger partial charge in [0.05, 0.1) is 40.4 Å². The third kappa shape index (κ3) is 4.94. The van der Waals surface area contributed by atoms with Gasteiger partial charge >= 0.3 is 0 Å². The number of hydrogen-bond donors (Lipinski definition) is 1. The molecule has 2 aromatic carbocycles. The lowest BCUT2D eigenvalue weighted by molar-refractivity contribution is 0.413. The van der Waals surface area contributed by atoms with E-state index < -0.39 is 15.1 Å². The third-order valence-electron chi connectivity index (χ3n) is 5.56. The van der Waals surface area contributed by atoms with Crippen LogP contribution in [0.1, 0.15) is 28.0 Å². The Labute approximate surface area is 207 Å². The number of sulfone groups is 1. The molecule has 4 aromatic rings. The number of nitrogens with zero attached hydrogens (tertiary/aromatic N) is 4. The Kier molecular flexibility index (Phi) is 6.95. The largest absolute Gasteiger partial charge is 0.496 e. The number of rotatable bonds is 8. The van der Waals surface area contributed by atoms with E-state index in [2.05, 4.69) is 25.5 Å². The number of benzene rings is 2. The summed E-state index contributed by atoms with van der Waals surface area (Å²) in [6.07, 6.45) is 1.63. The lowest BCUT2D eigenvalue weighted by atomic mass is 10.1. The van der Waals surface area contributed by atoms with E-state index in [0.29, 0.717) is 40.8 Å². The summed E-state index contributed by atoms with van der Waals surface area (Å²) in [6, 6.07) is 12.4. The van der Waals surface area contributed by atoms with Gasteiger partial charge in [-0.3, -0.25) is 4.98 Å². The summed E-state index contributed by atoms with van der Waals surface area (Å²) in [7, 11) is 0.120. The minimum atomic E-state index is -3.35. The quantitative estimate of drug-likeness (QED) is 0.373. The number of ether oxygens (including phenoxy) is 1. The first-order valence-corrected chi connectivity index (χ1v) is 12.6. The zero-order valence-electron chi connectivity index (χ0n) is 20.2. The van der Waals surface area contributed by atoms with Crippen molar-refractivity contribution in [2.24, 2.45) is 0 Å². The molecule has 0 unspecified atom stereocenters. The number of aryl methyl sites for hydroxylation is 1. The molecule has 0 saturated carbocycles. The van der Waals surface area contributed by atoms with Gasteiger partial charge in [-0.15, -0.1) is 10.2 Å². The maximum absolute atomic E-state index is 12.4. The normalized spacial score (nSPS) is 11.7. The molecule has 0 aliphatic rings. The first-order chi connectivity index (χ1) is 16.7. The minimum Gasteiger partial charge on any atom is -0.496 e. The lowest BCUT2D eigenvalue weighted by Crippen LogP contribution is -2.13. The molecule has 1 N–H and O–H groups in total. The van der Waals surface area contributed by atoms with Crippen LogP contribution in [0.4, 0.5) is 0 Å². The SMILES string of the molecule is CNCc1ccc(-c2nnc(-c3nc(-c4ccc(S(=O)(=O)C(C)C)cc4)cnc3C)o2)c(OC)c1.[HH].[HH]. The monoisotopic (exact) mass is 497 g/mol. The molecule has 2 aromatic heterocycles. The highest BCUT2D eigenvalue weighted by atomic mass is 32.2. The van der Waals surface area contributed by atoms with Crippen LogP contribution in [-0.4, -0.2) is 48.0 Å². The van der Waals surface area contributed by atoms with Gasteiger partial charge in [0.1, 0.15) is 11.4 Å². The second kappa shape index (κ2) is 9.93. The van der Waals surface area contributed by atoms with E-state index in [1.54, 1.807) is 58.3 Å². The summed E-state index contributed by atoms with van der Waals surface area (Å²) in [5.74, 6) is 1.16. The molecular weight excluding hydrogens is 466 g/mol. The summed E-state index contributed by atoms with van der Waals surface area (Å²) in [4.78, 5) is 9.39. The van der Waals surface area contributed by atoms with Gasteiger partial charge in [-0.1, -0.05) is 18.2 Å². The topological polar surface area (TPSA) is 120 Å². The fourth-order valence-electron chi connectivity index (χ4n) is 3.53. The van der Waals surface area contributed by atoms with Crippen molar-refractivity contribution in [3.8, 4) is 40.0 Å². The zero-order chi connectivity index (χ0) is 25.2. The third-order valence-corrected chi connectivity index (χ3v) is 7.73. The number of aromatic nitrogens is 4. The molecule has 0 aliphatic carbocycles. The first-order valence-electron chi connectivity index (χ1n) is 11.1. The maximum atomic E-state index is 12.4. The molecule has 35 heavy (non-hydrogen) atoms. The van der Waals surface area contributed by atoms with Gasteiger partial charge in [-0.05, 0) is 57.6 Å². The van der Waals surface area contributed by atoms with Gasteiger partial charge in [0.25, 0.3) is 11.8 Å². The summed E-state index contributed by atoms with van der Waals surface area (Å²) in [6.45, 7) is 5.83. The Hall–Kier alpha value is -3.63. The van der Waals surface area contributed by atoms with Crippen molar-refractivity contribution in [3.05, 3.63) is 59.9 Å². The predicted molar refractivity (Wildman–Crippen MR) is 137 cm³/mol. The van der Waals surface area contributed by atoms with E-state index in [-0.39, 0.29) is 13.6 Å². The van der Waals surface area contributed by atoms with Gasteiger partial charge in [0, 0.05) is 15.0 Å². The van der Waals surface area contributed by atoms with Gasteiger partial charge in [0.2, 0.25) is 0 Å². The molecule has 0 fully saturated rings. The molecule has 10 heteroatoms. The highest BCUT2D eigenvalue weighted by Gasteiger charge is 2.21. The summed E-state index contributed by atoms with van der Waals surface area (Å²) < 4.78 is 36.3. The molecule has 0 spiro atoms. The Morgan fingerprint density at radius 1 is 1.09 bits per heavy atom. The van der Waals surface area contributed by atoms with Crippen molar-refractivity contribution >= 4 is 9.84 Å². The van der Waals surface area contributed by atoms with Crippen molar-refractivity contribution in [2.75, 3.05) is 14.2 Å². The molecule has 0 bridgehead atoms. The maximum Gasteiger partial charge on any atom is 0.268 e. The fourth-order valence-corrected chi connectivity index (χ4v) is 4.59. The molecule has 2 heterocycles. The predicted octanol–water partition coefficient (Wildman–Crippen LogP) is 4.57. The second-order valence-electron chi connectivity index (χ2n) is 8.28. The number of nitrogens with one attached hydrogen (secondary N) is 1. The van der Waals surface area contributed by atoms with Crippen molar-refractivity contribution < 1.29 is 20.4 Å². The van der Waals surface area contributed by atoms with Crippen molar-refractivity contribution in [2.45, 2.75) is 37.5 Å². The van der Waals surface area contributed by atoms with Crippen LogP contribution in [0.25, 0.3) is 34.3 Å². The Morgan fingerprint density at radius 2 is 1.80 bits per heavy atom. The van der Waals surface area contributed by atoms with E-state index in [9.17, 15) is 8.42 Å². The Bertz CT molecular complexity index is 1460. The smallest absolute Gasteiger partial charge is 0.268 e. The molecule has 0 radical (unpaired) electrons.